The Balaban J connectivity index is 2.08. The van der Waals surface area contributed by atoms with Gasteiger partial charge in [0.25, 0.3) is 0 Å². The Morgan fingerprint density at radius 1 is 1.12 bits per heavy atom. The van der Waals surface area contributed by atoms with E-state index in [1.54, 1.807) is 37.3 Å². The molecule has 0 bridgehead atoms. The number of ketones is 1. The van der Waals surface area contributed by atoms with Gasteiger partial charge in [0.05, 0.1) is 17.6 Å². The molecule has 2 aromatic rings. The number of halogens is 3. The third-order valence-electron chi connectivity index (χ3n) is 5.70. The van der Waals surface area contributed by atoms with Crippen LogP contribution in [0.2, 0.25) is 0 Å². The summed E-state index contributed by atoms with van der Waals surface area (Å²) in [6.07, 6.45) is -6.33. The number of allylic oxidation sites excluding steroid dienone is 1. The van der Waals surface area contributed by atoms with Gasteiger partial charge >= 0.3 is 12.1 Å². The van der Waals surface area contributed by atoms with Gasteiger partial charge in [-0.15, -0.1) is 0 Å². The molecule has 0 amide bonds. The van der Waals surface area contributed by atoms with E-state index in [1.165, 1.54) is 0 Å². The SMILES string of the molecule is CC/C(O)=C(\Oc1ccc(C(F)(F)F)cc1)C1C(O)CC(=O)C1(Cc1ccccc1)OC(C)=O. The zero-order chi connectivity index (χ0) is 25.1. The average Bonchev–Trinajstić information content (AvgIpc) is 3.00. The van der Waals surface area contributed by atoms with Crippen LogP contribution in [0.25, 0.3) is 0 Å². The van der Waals surface area contributed by atoms with Crippen LogP contribution in [0.5, 0.6) is 5.75 Å². The molecular weight excluding hydrogens is 453 g/mol. The van der Waals surface area contributed by atoms with Crippen LogP contribution in [0.15, 0.2) is 66.1 Å². The van der Waals surface area contributed by atoms with Crippen LogP contribution in [0.4, 0.5) is 13.2 Å². The van der Waals surface area contributed by atoms with E-state index in [0.29, 0.717) is 5.56 Å². The summed E-state index contributed by atoms with van der Waals surface area (Å²) in [5.41, 5.74) is -2.13. The van der Waals surface area contributed by atoms with Crippen molar-refractivity contribution in [3.63, 3.8) is 0 Å². The van der Waals surface area contributed by atoms with Gasteiger partial charge < -0.3 is 19.7 Å². The molecule has 1 saturated carbocycles. The number of benzene rings is 2. The molecule has 3 unspecified atom stereocenters. The second kappa shape index (κ2) is 9.89. The smallest absolute Gasteiger partial charge is 0.416 e. The first-order chi connectivity index (χ1) is 16.0. The minimum Gasteiger partial charge on any atom is -0.509 e. The highest BCUT2D eigenvalue weighted by atomic mass is 19.4. The van der Waals surface area contributed by atoms with E-state index in [0.717, 1.165) is 31.2 Å². The van der Waals surface area contributed by atoms with Crippen molar-refractivity contribution >= 4 is 11.8 Å². The number of ether oxygens (including phenoxy) is 2. The predicted molar refractivity (Wildman–Crippen MR) is 116 cm³/mol. The lowest BCUT2D eigenvalue weighted by Crippen LogP contribution is -2.49. The van der Waals surface area contributed by atoms with Crippen LogP contribution in [-0.2, 0) is 26.9 Å². The van der Waals surface area contributed by atoms with E-state index in [4.69, 9.17) is 9.47 Å². The number of carbonyl (C=O) groups excluding carboxylic acids is 2. The molecule has 34 heavy (non-hydrogen) atoms. The van der Waals surface area contributed by atoms with Gasteiger partial charge in [-0.25, -0.2) is 0 Å². The first-order valence-corrected chi connectivity index (χ1v) is 10.7. The molecule has 182 valence electrons. The monoisotopic (exact) mass is 478 g/mol. The van der Waals surface area contributed by atoms with Crippen molar-refractivity contribution in [3.05, 3.63) is 77.2 Å². The maximum Gasteiger partial charge on any atom is 0.416 e. The van der Waals surface area contributed by atoms with Gasteiger partial charge in [0, 0.05) is 26.2 Å². The minimum absolute atomic E-state index is 0.0366. The molecule has 0 radical (unpaired) electrons. The van der Waals surface area contributed by atoms with Crippen molar-refractivity contribution in [2.75, 3.05) is 0 Å². The Kier molecular flexibility index (Phi) is 7.35. The normalized spacial score (nSPS) is 23.4. The number of hydrogen-bond donors (Lipinski definition) is 2. The summed E-state index contributed by atoms with van der Waals surface area (Å²) >= 11 is 0. The van der Waals surface area contributed by atoms with E-state index in [2.05, 4.69) is 0 Å². The Morgan fingerprint density at radius 2 is 1.74 bits per heavy atom. The number of aliphatic hydroxyl groups excluding tert-OH is 2. The summed E-state index contributed by atoms with van der Waals surface area (Å²) < 4.78 is 50.1. The molecule has 1 aliphatic carbocycles. The fourth-order valence-electron chi connectivity index (χ4n) is 4.19. The van der Waals surface area contributed by atoms with Crippen LogP contribution in [-0.4, -0.2) is 33.7 Å². The highest BCUT2D eigenvalue weighted by Gasteiger charge is 2.60. The number of esters is 1. The highest BCUT2D eigenvalue weighted by Crippen LogP contribution is 2.45. The minimum atomic E-state index is -4.54. The molecule has 3 rings (SSSR count). The molecule has 0 saturated heterocycles. The van der Waals surface area contributed by atoms with Gasteiger partial charge in [0.2, 0.25) is 0 Å². The van der Waals surface area contributed by atoms with Crippen molar-refractivity contribution in [1.82, 2.24) is 0 Å². The zero-order valence-corrected chi connectivity index (χ0v) is 18.6. The van der Waals surface area contributed by atoms with E-state index in [9.17, 15) is 33.0 Å². The van der Waals surface area contributed by atoms with E-state index in [-0.39, 0.29) is 36.5 Å². The average molecular weight is 478 g/mol. The van der Waals surface area contributed by atoms with Gasteiger partial charge in [0.1, 0.15) is 11.5 Å². The number of alkyl halides is 3. The van der Waals surface area contributed by atoms with Crippen LogP contribution >= 0.6 is 0 Å². The molecule has 3 atom stereocenters. The summed E-state index contributed by atoms with van der Waals surface area (Å²) in [6, 6.07) is 12.5. The Hall–Kier alpha value is -3.33. The number of rotatable bonds is 7. The number of aliphatic hydroxyl groups is 2. The van der Waals surface area contributed by atoms with Gasteiger partial charge in [-0.3, -0.25) is 9.59 Å². The molecule has 9 heteroatoms. The Bertz CT molecular complexity index is 1060. The van der Waals surface area contributed by atoms with Crippen molar-refractivity contribution in [1.29, 1.82) is 0 Å². The number of carbonyl (C=O) groups is 2. The molecule has 0 heterocycles. The molecule has 0 aromatic heterocycles. The molecular formula is C25H25F3O6. The topological polar surface area (TPSA) is 93.1 Å². The van der Waals surface area contributed by atoms with E-state index in [1.807, 2.05) is 0 Å². The molecule has 1 fully saturated rings. The van der Waals surface area contributed by atoms with Crippen molar-refractivity contribution in [2.24, 2.45) is 5.92 Å². The molecule has 0 spiro atoms. The summed E-state index contributed by atoms with van der Waals surface area (Å²) in [6.45, 7) is 2.72. The highest BCUT2D eigenvalue weighted by molar-refractivity contribution is 5.93. The van der Waals surface area contributed by atoms with Gasteiger partial charge in [0.15, 0.2) is 17.1 Å². The zero-order valence-electron chi connectivity index (χ0n) is 18.6. The molecule has 2 aromatic carbocycles. The lowest BCUT2D eigenvalue weighted by molar-refractivity contribution is -0.168. The first-order valence-electron chi connectivity index (χ1n) is 10.7. The summed E-state index contributed by atoms with van der Waals surface area (Å²) in [5, 5.41) is 21.5. The molecule has 0 aliphatic heterocycles. The van der Waals surface area contributed by atoms with Crippen LogP contribution < -0.4 is 4.74 Å². The quantitative estimate of drug-likeness (QED) is 0.440. The summed E-state index contributed by atoms with van der Waals surface area (Å²) in [5.74, 6) is -3.23. The second-order valence-electron chi connectivity index (χ2n) is 8.11. The standard InChI is InChI=1S/C25H25F3O6/c1-3-19(30)23(33-18-11-9-17(10-12-18)25(26,27)28)22-20(31)13-21(32)24(22,34-15(2)29)14-16-7-5-4-6-8-16/h4-12,20,22,30-31H,3,13-14H2,1-2H3/b23-19+. The van der Waals surface area contributed by atoms with Gasteiger partial charge in [-0.2, -0.15) is 13.2 Å². The molecule has 2 N–H and O–H groups in total. The fourth-order valence-corrected chi connectivity index (χ4v) is 4.19. The Morgan fingerprint density at radius 3 is 2.26 bits per heavy atom. The molecule has 1 aliphatic rings. The van der Waals surface area contributed by atoms with Gasteiger partial charge in [-0.05, 0) is 29.8 Å². The van der Waals surface area contributed by atoms with Crippen LogP contribution in [0.1, 0.15) is 37.8 Å². The fraction of sp³-hybridized carbons (Fsp3) is 0.360. The lowest BCUT2D eigenvalue weighted by atomic mass is 9.81. The largest absolute Gasteiger partial charge is 0.509 e. The van der Waals surface area contributed by atoms with Crippen LogP contribution in [0.3, 0.4) is 0 Å². The Labute approximate surface area is 194 Å². The summed E-state index contributed by atoms with van der Waals surface area (Å²) in [7, 11) is 0. The third kappa shape index (κ3) is 5.25. The van der Waals surface area contributed by atoms with E-state index < -0.39 is 41.1 Å². The van der Waals surface area contributed by atoms with E-state index >= 15 is 0 Å². The number of hydrogen-bond acceptors (Lipinski definition) is 6. The third-order valence-corrected chi connectivity index (χ3v) is 5.70. The van der Waals surface area contributed by atoms with Crippen molar-refractivity contribution in [2.45, 2.75) is 51.0 Å². The van der Waals surface area contributed by atoms with Gasteiger partial charge in [-0.1, -0.05) is 37.3 Å². The lowest BCUT2D eigenvalue weighted by Gasteiger charge is -2.35. The maximum atomic E-state index is 13.2. The molecule has 6 nitrogen and oxygen atoms in total. The predicted octanol–water partition coefficient (Wildman–Crippen LogP) is 4.76. The number of Topliss-reactive ketones (excluding diaryl/α,β-unsaturated/α-hetero) is 1. The maximum absolute atomic E-state index is 13.2. The van der Waals surface area contributed by atoms with Crippen LogP contribution in [0, 0.1) is 5.92 Å². The second-order valence-corrected chi connectivity index (χ2v) is 8.11. The summed E-state index contributed by atoms with van der Waals surface area (Å²) in [4.78, 5) is 25.2. The van der Waals surface area contributed by atoms with Crippen molar-refractivity contribution in [3.8, 4) is 5.75 Å². The first kappa shape index (κ1) is 25.3. The van der Waals surface area contributed by atoms with Crippen molar-refractivity contribution < 1.29 is 42.4 Å².